The van der Waals surface area contributed by atoms with Crippen LogP contribution in [0.1, 0.15) is 11.1 Å². The molecule has 0 aliphatic rings. The molecule has 0 amide bonds. The molecule has 3 N–H and O–H groups in total. The van der Waals surface area contributed by atoms with E-state index in [4.69, 9.17) is 0 Å². The van der Waals surface area contributed by atoms with Crippen LogP contribution in [0.25, 0.3) is 10.9 Å². The van der Waals surface area contributed by atoms with Gasteiger partial charge in [-0.25, -0.2) is 4.39 Å². The van der Waals surface area contributed by atoms with E-state index < -0.39 is 0 Å². The van der Waals surface area contributed by atoms with Crippen LogP contribution < -0.4 is 10.6 Å². The van der Waals surface area contributed by atoms with Crippen LogP contribution in [-0.2, 0) is 12.8 Å². The first-order valence-corrected chi connectivity index (χ1v) is 8.50. The maximum Gasteiger partial charge on any atom is 0.190 e. The predicted octanol–water partition coefficient (Wildman–Crippen LogP) is 3.88. The van der Waals surface area contributed by atoms with E-state index in [1.54, 1.807) is 7.05 Å². The number of nitrogens with zero attached hydrogens (tertiary/aromatic N) is 1. The molecule has 0 unspecified atom stereocenters. The Morgan fingerprint density at radius 3 is 2.50 bits per heavy atom. The van der Waals surface area contributed by atoms with Crippen molar-refractivity contribution in [3.63, 3.8) is 0 Å². The first kappa shape index (κ1) is 20.2. The summed E-state index contributed by atoms with van der Waals surface area (Å²) in [5, 5.41) is 7.71. The van der Waals surface area contributed by atoms with E-state index in [2.05, 4.69) is 44.9 Å². The molecule has 0 atom stereocenters. The van der Waals surface area contributed by atoms with E-state index in [9.17, 15) is 4.39 Å². The largest absolute Gasteiger partial charge is 0.361 e. The zero-order valence-corrected chi connectivity index (χ0v) is 17.1. The number of benzene rings is 2. The summed E-state index contributed by atoms with van der Waals surface area (Å²) in [5.74, 6) is 0.573. The van der Waals surface area contributed by atoms with Crippen LogP contribution >= 0.6 is 24.0 Å². The van der Waals surface area contributed by atoms with Gasteiger partial charge in [0, 0.05) is 37.2 Å². The molecule has 0 saturated carbocycles. The van der Waals surface area contributed by atoms with Crippen LogP contribution in [0.5, 0.6) is 0 Å². The zero-order chi connectivity index (χ0) is 17.5. The molecule has 4 nitrogen and oxygen atoms in total. The molecule has 1 aromatic heterocycles. The van der Waals surface area contributed by atoms with Crippen LogP contribution in [0.15, 0.2) is 59.7 Å². The van der Waals surface area contributed by atoms with Gasteiger partial charge in [0.05, 0.1) is 0 Å². The van der Waals surface area contributed by atoms with Crippen molar-refractivity contribution in [2.75, 3.05) is 20.1 Å². The van der Waals surface area contributed by atoms with Crippen molar-refractivity contribution >= 4 is 40.8 Å². The lowest BCUT2D eigenvalue weighted by Gasteiger charge is -2.11. The number of halogens is 2. The Kier molecular flexibility index (Phi) is 7.90. The molecule has 2 aromatic carbocycles. The Labute approximate surface area is 170 Å². The van der Waals surface area contributed by atoms with E-state index in [0.717, 1.165) is 42.8 Å². The second-order valence-corrected chi connectivity index (χ2v) is 5.92. The van der Waals surface area contributed by atoms with E-state index >= 15 is 0 Å². The summed E-state index contributed by atoms with van der Waals surface area (Å²) in [4.78, 5) is 7.37. The third-order valence-electron chi connectivity index (χ3n) is 4.19. The van der Waals surface area contributed by atoms with Gasteiger partial charge in [-0.15, -0.1) is 24.0 Å². The number of aromatic nitrogens is 1. The molecule has 0 aliphatic carbocycles. The first-order valence-electron chi connectivity index (χ1n) is 8.50. The number of H-pyrrole nitrogens is 1. The van der Waals surface area contributed by atoms with Crippen molar-refractivity contribution in [1.29, 1.82) is 0 Å². The lowest BCUT2D eigenvalue weighted by Crippen LogP contribution is -2.39. The number of aliphatic imine (C=N–C) groups is 1. The monoisotopic (exact) mass is 466 g/mol. The van der Waals surface area contributed by atoms with E-state index in [1.165, 1.54) is 23.3 Å². The minimum atomic E-state index is -0.220. The Hall–Kier alpha value is -2.09. The van der Waals surface area contributed by atoms with Gasteiger partial charge in [-0.3, -0.25) is 4.99 Å². The van der Waals surface area contributed by atoms with Gasteiger partial charge >= 0.3 is 0 Å². The molecule has 0 bridgehead atoms. The third-order valence-corrected chi connectivity index (χ3v) is 4.19. The van der Waals surface area contributed by atoms with Gasteiger partial charge in [-0.1, -0.05) is 30.3 Å². The molecule has 3 aromatic rings. The molecule has 26 heavy (non-hydrogen) atoms. The highest BCUT2D eigenvalue weighted by Gasteiger charge is 2.05. The van der Waals surface area contributed by atoms with Crippen molar-refractivity contribution in [2.24, 2.45) is 4.99 Å². The number of guanidine groups is 1. The summed E-state index contributed by atoms with van der Waals surface area (Å²) >= 11 is 0. The van der Waals surface area contributed by atoms with Crippen LogP contribution in [0.3, 0.4) is 0 Å². The fourth-order valence-electron chi connectivity index (χ4n) is 2.87. The number of nitrogens with one attached hydrogen (secondary N) is 3. The highest BCUT2D eigenvalue weighted by atomic mass is 127. The van der Waals surface area contributed by atoms with Gasteiger partial charge < -0.3 is 15.6 Å². The van der Waals surface area contributed by atoms with Crippen molar-refractivity contribution in [3.05, 3.63) is 71.7 Å². The molecule has 0 spiro atoms. The summed E-state index contributed by atoms with van der Waals surface area (Å²) in [6.45, 7) is 1.59. The quantitative estimate of drug-likeness (QED) is 0.294. The molecule has 1 heterocycles. The third kappa shape index (κ3) is 5.45. The summed E-state index contributed by atoms with van der Waals surface area (Å²) in [7, 11) is 1.77. The van der Waals surface area contributed by atoms with Crippen molar-refractivity contribution in [2.45, 2.75) is 12.8 Å². The summed E-state index contributed by atoms with van der Waals surface area (Å²) in [5.41, 5.74) is 3.30. The molecular formula is C20H24FIN4. The normalized spacial score (nSPS) is 11.2. The Morgan fingerprint density at radius 2 is 1.77 bits per heavy atom. The van der Waals surface area contributed by atoms with E-state index in [1.807, 2.05) is 18.3 Å². The fourth-order valence-corrected chi connectivity index (χ4v) is 2.87. The lowest BCUT2D eigenvalue weighted by atomic mass is 10.1. The maximum absolute atomic E-state index is 13.2. The minimum Gasteiger partial charge on any atom is -0.361 e. The molecular weight excluding hydrogens is 442 g/mol. The molecule has 0 saturated heterocycles. The molecule has 0 aliphatic heterocycles. The number of hydrogen-bond acceptors (Lipinski definition) is 1. The molecule has 3 rings (SSSR count). The van der Waals surface area contributed by atoms with Crippen molar-refractivity contribution in [3.8, 4) is 0 Å². The molecule has 138 valence electrons. The number of hydrogen-bond donors (Lipinski definition) is 3. The van der Waals surface area contributed by atoms with Crippen LogP contribution in [0.2, 0.25) is 0 Å². The van der Waals surface area contributed by atoms with Gasteiger partial charge in [-0.2, -0.15) is 0 Å². The second kappa shape index (κ2) is 10.2. The van der Waals surface area contributed by atoms with Gasteiger partial charge in [0.1, 0.15) is 5.82 Å². The van der Waals surface area contributed by atoms with Crippen LogP contribution in [0, 0.1) is 5.82 Å². The van der Waals surface area contributed by atoms with Gasteiger partial charge in [0.2, 0.25) is 0 Å². The van der Waals surface area contributed by atoms with Crippen LogP contribution in [0.4, 0.5) is 4.39 Å². The van der Waals surface area contributed by atoms with Gasteiger partial charge in [-0.05, 0) is 42.2 Å². The van der Waals surface area contributed by atoms with Crippen molar-refractivity contribution < 1.29 is 4.39 Å². The topological polar surface area (TPSA) is 52.2 Å². The Balaban J connectivity index is 0.00000243. The molecule has 0 radical (unpaired) electrons. The van der Waals surface area contributed by atoms with Crippen LogP contribution in [-0.4, -0.2) is 31.1 Å². The number of rotatable bonds is 6. The summed E-state index contributed by atoms with van der Waals surface area (Å²) in [6, 6.07) is 15.2. The first-order chi connectivity index (χ1) is 12.3. The predicted molar refractivity (Wildman–Crippen MR) is 117 cm³/mol. The Morgan fingerprint density at radius 1 is 1.04 bits per heavy atom. The smallest absolute Gasteiger partial charge is 0.190 e. The van der Waals surface area contributed by atoms with E-state index in [-0.39, 0.29) is 29.8 Å². The van der Waals surface area contributed by atoms with Gasteiger partial charge in [0.25, 0.3) is 0 Å². The Bertz CT molecular complexity index is 845. The van der Waals surface area contributed by atoms with Gasteiger partial charge in [0.15, 0.2) is 5.96 Å². The lowest BCUT2D eigenvalue weighted by molar-refractivity contribution is 0.629. The summed E-state index contributed by atoms with van der Waals surface area (Å²) < 4.78 is 13.2. The number of aromatic amines is 1. The summed E-state index contributed by atoms with van der Waals surface area (Å²) in [6.07, 6.45) is 3.73. The maximum atomic E-state index is 13.2. The molecule has 6 heteroatoms. The SMILES string of the molecule is CN=C(NCCc1ccccc1)NCCc1c[nH]c2cc(F)ccc12.I. The second-order valence-electron chi connectivity index (χ2n) is 5.92. The standard InChI is InChI=1S/C20H23FN4.HI/c1-22-20(23-11-9-15-5-3-2-4-6-15)24-12-10-16-14-25-19-13-17(21)7-8-18(16)19;/h2-8,13-14,25H,9-12H2,1H3,(H2,22,23,24);1H. The average molecular weight is 466 g/mol. The van der Waals surface area contributed by atoms with E-state index in [0.29, 0.717) is 0 Å². The minimum absolute atomic E-state index is 0. The molecule has 0 fully saturated rings. The highest BCUT2D eigenvalue weighted by Crippen LogP contribution is 2.19. The number of fused-ring (bicyclic) bond motifs is 1. The average Bonchev–Trinajstić information content (AvgIpc) is 3.03. The van der Waals surface area contributed by atoms with Crippen molar-refractivity contribution in [1.82, 2.24) is 15.6 Å². The highest BCUT2D eigenvalue weighted by molar-refractivity contribution is 14.0. The fraction of sp³-hybridized carbons (Fsp3) is 0.250. The zero-order valence-electron chi connectivity index (χ0n) is 14.8.